The maximum absolute atomic E-state index is 5.48. The molecule has 3 rings (SSSR count). The molecule has 0 amide bonds. The van der Waals surface area contributed by atoms with E-state index in [-0.39, 0.29) is 0 Å². The summed E-state index contributed by atoms with van der Waals surface area (Å²) in [7, 11) is 2.18. The molecule has 1 unspecified atom stereocenters. The van der Waals surface area contributed by atoms with Gasteiger partial charge in [-0.3, -0.25) is 4.90 Å². The van der Waals surface area contributed by atoms with E-state index in [4.69, 9.17) is 4.42 Å². The number of oxazole rings is 1. The van der Waals surface area contributed by atoms with Gasteiger partial charge in [0.2, 0.25) is 0 Å². The smallest absolute Gasteiger partial charge is 0.192 e. The van der Waals surface area contributed by atoms with E-state index in [9.17, 15) is 0 Å². The Labute approximate surface area is 113 Å². The van der Waals surface area contributed by atoms with Gasteiger partial charge in [-0.25, -0.2) is 4.98 Å². The van der Waals surface area contributed by atoms with Gasteiger partial charge >= 0.3 is 0 Å². The summed E-state index contributed by atoms with van der Waals surface area (Å²) >= 11 is 0. The Morgan fingerprint density at radius 1 is 1.53 bits per heavy atom. The van der Waals surface area contributed by atoms with Gasteiger partial charge in [-0.15, -0.1) is 0 Å². The van der Waals surface area contributed by atoms with Crippen LogP contribution < -0.4 is 10.6 Å². The molecule has 1 aromatic heterocycles. The SMILES string of the molecule is Cc1nc2cc(NCC3CNCCN3C)ccc2o1. The molecule has 0 bridgehead atoms. The Bertz CT molecular complexity index is 566. The summed E-state index contributed by atoms with van der Waals surface area (Å²) in [5, 5.41) is 6.91. The van der Waals surface area contributed by atoms with E-state index in [1.54, 1.807) is 0 Å². The number of likely N-dealkylation sites (N-methyl/N-ethyl adjacent to an activating group) is 1. The number of aromatic nitrogens is 1. The maximum atomic E-state index is 5.48. The number of benzene rings is 1. The highest BCUT2D eigenvalue weighted by molar-refractivity contribution is 5.77. The lowest BCUT2D eigenvalue weighted by Crippen LogP contribution is -2.52. The van der Waals surface area contributed by atoms with Crippen LogP contribution in [0.15, 0.2) is 22.6 Å². The number of anilines is 1. The fourth-order valence-electron chi connectivity index (χ4n) is 2.48. The Morgan fingerprint density at radius 2 is 2.42 bits per heavy atom. The zero-order chi connectivity index (χ0) is 13.2. The van der Waals surface area contributed by atoms with Crippen LogP contribution in [0.5, 0.6) is 0 Å². The minimum Gasteiger partial charge on any atom is -0.441 e. The van der Waals surface area contributed by atoms with Crippen LogP contribution in [0.3, 0.4) is 0 Å². The summed E-state index contributed by atoms with van der Waals surface area (Å²) in [6, 6.07) is 6.59. The lowest BCUT2D eigenvalue weighted by molar-refractivity contribution is 0.209. The first kappa shape index (κ1) is 12.4. The van der Waals surface area contributed by atoms with Crippen LogP contribution in [0.4, 0.5) is 5.69 Å². The van der Waals surface area contributed by atoms with Crippen LogP contribution in [0.25, 0.3) is 11.1 Å². The molecule has 2 aromatic rings. The number of nitrogens with zero attached hydrogens (tertiary/aromatic N) is 2. The molecule has 0 radical (unpaired) electrons. The lowest BCUT2D eigenvalue weighted by atomic mass is 10.2. The van der Waals surface area contributed by atoms with Gasteiger partial charge in [0.25, 0.3) is 0 Å². The summed E-state index contributed by atoms with van der Waals surface area (Å²) < 4.78 is 5.48. The van der Waals surface area contributed by atoms with Gasteiger partial charge in [0.05, 0.1) is 0 Å². The topological polar surface area (TPSA) is 53.3 Å². The van der Waals surface area contributed by atoms with Crippen LogP contribution in [0.1, 0.15) is 5.89 Å². The van der Waals surface area contributed by atoms with E-state index in [0.29, 0.717) is 11.9 Å². The molecule has 102 valence electrons. The van der Waals surface area contributed by atoms with E-state index in [1.165, 1.54) is 0 Å². The molecule has 0 saturated carbocycles. The Hall–Kier alpha value is -1.59. The lowest BCUT2D eigenvalue weighted by Gasteiger charge is -2.33. The zero-order valence-electron chi connectivity index (χ0n) is 11.4. The van der Waals surface area contributed by atoms with Crippen LogP contribution in [-0.2, 0) is 0 Å². The Kier molecular flexibility index (Phi) is 3.40. The van der Waals surface area contributed by atoms with Crippen molar-refractivity contribution in [3.63, 3.8) is 0 Å². The minimum absolute atomic E-state index is 0.531. The first-order chi connectivity index (χ1) is 9.22. The van der Waals surface area contributed by atoms with Gasteiger partial charge in [0, 0.05) is 44.8 Å². The van der Waals surface area contributed by atoms with Crippen LogP contribution in [0.2, 0.25) is 0 Å². The van der Waals surface area contributed by atoms with Crippen molar-refractivity contribution in [2.45, 2.75) is 13.0 Å². The average molecular weight is 260 g/mol. The van der Waals surface area contributed by atoms with E-state index >= 15 is 0 Å². The van der Waals surface area contributed by atoms with Gasteiger partial charge in [0.15, 0.2) is 11.5 Å². The number of hydrogen-bond donors (Lipinski definition) is 2. The summed E-state index contributed by atoms with van der Waals surface area (Å²) in [4.78, 5) is 6.75. The number of nitrogens with one attached hydrogen (secondary N) is 2. The van der Waals surface area contributed by atoms with Gasteiger partial charge in [-0.05, 0) is 25.2 Å². The zero-order valence-corrected chi connectivity index (χ0v) is 11.4. The summed E-state index contributed by atoms with van der Waals surface area (Å²) in [5.41, 5.74) is 2.86. The Morgan fingerprint density at radius 3 is 3.26 bits per heavy atom. The van der Waals surface area contributed by atoms with Crippen LogP contribution in [0, 0.1) is 6.92 Å². The highest BCUT2D eigenvalue weighted by Crippen LogP contribution is 2.19. The molecule has 0 spiro atoms. The number of piperazine rings is 1. The minimum atomic E-state index is 0.531. The average Bonchev–Trinajstić information content (AvgIpc) is 2.77. The quantitative estimate of drug-likeness (QED) is 0.875. The molecule has 19 heavy (non-hydrogen) atoms. The number of hydrogen-bond acceptors (Lipinski definition) is 5. The van der Waals surface area contributed by atoms with Crippen LogP contribution >= 0.6 is 0 Å². The number of fused-ring (bicyclic) bond motifs is 1. The highest BCUT2D eigenvalue weighted by atomic mass is 16.3. The van der Waals surface area contributed by atoms with Crippen molar-refractivity contribution in [2.75, 3.05) is 38.5 Å². The second-order valence-electron chi connectivity index (χ2n) is 5.13. The van der Waals surface area contributed by atoms with E-state index in [1.807, 2.05) is 25.1 Å². The first-order valence-corrected chi connectivity index (χ1v) is 6.74. The normalized spacial score (nSPS) is 20.8. The second kappa shape index (κ2) is 5.19. The van der Waals surface area contributed by atoms with Crippen molar-refractivity contribution in [1.82, 2.24) is 15.2 Å². The van der Waals surface area contributed by atoms with Crippen molar-refractivity contribution in [3.8, 4) is 0 Å². The van der Waals surface area contributed by atoms with E-state index in [0.717, 1.165) is 43.0 Å². The molecule has 0 aliphatic carbocycles. The molecular formula is C14H20N4O. The molecule has 1 aliphatic heterocycles. The van der Waals surface area contributed by atoms with Gasteiger partial charge < -0.3 is 15.1 Å². The third-order valence-electron chi connectivity index (χ3n) is 3.68. The third-order valence-corrected chi connectivity index (χ3v) is 3.68. The molecular weight excluding hydrogens is 240 g/mol. The highest BCUT2D eigenvalue weighted by Gasteiger charge is 2.17. The molecule has 1 atom stereocenters. The largest absolute Gasteiger partial charge is 0.441 e. The molecule has 2 heterocycles. The van der Waals surface area contributed by atoms with Crippen molar-refractivity contribution in [2.24, 2.45) is 0 Å². The summed E-state index contributed by atoms with van der Waals surface area (Å²) in [5.74, 6) is 0.711. The van der Waals surface area contributed by atoms with Gasteiger partial charge in [-0.1, -0.05) is 0 Å². The van der Waals surface area contributed by atoms with Crippen molar-refractivity contribution >= 4 is 16.8 Å². The molecule has 1 aromatic carbocycles. The van der Waals surface area contributed by atoms with Crippen molar-refractivity contribution < 1.29 is 4.42 Å². The van der Waals surface area contributed by atoms with E-state index < -0.39 is 0 Å². The fraction of sp³-hybridized carbons (Fsp3) is 0.500. The number of aryl methyl sites for hydroxylation is 1. The van der Waals surface area contributed by atoms with E-state index in [2.05, 4.69) is 27.6 Å². The molecule has 5 nitrogen and oxygen atoms in total. The maximum Gasteiger partial charge on any atom is 0.192 e. The first-order valence-electron chi connectivity index (χ1n) is 6.74. The van der Waals surface area contributed by atoms with Crippen molar-refractivity contribution in [3.05, 3.63) is 24.1 Å². The standard InChI is InChI=1S/C14H20N4O/c1-10-17-13-7-11(3-4-14(13)19-10)16-9-12-8-15-5-6-18(12)2/h3-4,7,12,15-16H,5-6,8-9H2,1-2H3. The fourth-order valence-corrected chi connectivity index (χ4v) is 2.48. The van der Waals surface area contributed by atoms with Gasteiger partial charge in [-0.2, -0.15) is 0 Å². The van der Waals surface area contributed by atoms with Crippen LogP contribution in [-0.4, -0.2) is 49.2 Å². The number of rotatable bonds is 3. The molecule has 1 fully saturated rings. The second-order valence-corrected chi connectivity index (χ2v) is 5.13. The molecule has 1 aliphatic rings. The Balaban J connectivity index is 1.67. The van der Waals surface area contributed by atoms with Gasteiger partial charge in [0.1, 0.15) is 5.52 Å². The monoisotopic (exact) mass is 260 g/mol. The molecule has 5 heteroatoms. The predicted octanol–water partition coefficient (Wildman–Crippen LogP) is 1.45. The molecule has 1 saturated heterocycles. The predicted molar refractivity (Wildman–Crippen MR) is 76.5 cm³/mol. The summed E-state index contributed by atoms with van der Waals surface area (Å²) in [6.07, 6.45) is 0. The molecule has 2 N–H and O–H groups in total. The summed E-state index contributed by atoms with van der Waals surface area (Å²) in [6.45, 7) is 6.03. The van der Waals surface area contributed by atoms with Crippen molar-refractivity contribution in [1.29, 1.82) is 0 Å². The third kappa shape index (κ3) is 2.72.